The first kappa shape index (κ1) is 29.0. The normalized spacial score (nSPS) is 27.4. The standard InChI is InChI=1S/C27H42O6/c1-19(2)17-24(30)33-23-12-15-26(6,13-9-20(3)25(4,5)32-8)14-10-21(18-28)22(29)11-16-27(23,7)31/h10-12,15-17,20,23,28,31H,9,13-14,18H2,1-8H3. The molecule has 4 atom stereocenters. The Morgan fingerprint density at radius 2 is 1.94 bits per heavy atom. The summed E-state index contributed by atoms with van der Waals surface area (Å²) in [4.78, 5) is 24.9. The third kappa shape index (κ3) is 9.03. The predicted molar refractivity (Wildman–Crippen MR) is 131 cm³/mol. The molecule has 6 nitrogen and oxygen atoms in total. The molecule has 0 aromatic carbocycles. The van der Waals surface area contributed by atoms with E-state index >= 15 is 0 Å². The fourth-order valence-electron chi connectivity index (χ4n) is 3.46. The van der Waals surface area contributed by atoms with Gasteiger partial charge in [-0.2, -0.15) is 0 Å². The Kier molecular flexibility index (Phi) is 10.5. The third-order valence-electron chi connectivity index (χ3n) is 6.63. The third-order valence-corrected chi connectivity index (χ3v) is 6.63. The van der Waals surface area contributed by atoms with Crippen LogP contribution in [0.3, 0.4) is 0 Å². The highest BCUT2D eigenvalue weighted by molar-refractivity contribution is 6.04. The number of aliphatic hydroxyl groups is 2. The van der Waals surface area contributed by atoms with Crippen LogP contribution in [0.4, 0.5) is 0 Å². The average molecular weight is 463 g/mol. The quantitative estimate of drug-likeness (QED) is 0.314. The van der Waals surface area contributed by atoms with Crippen molar-refractivity contribution in [2.45, 2.75) is 85.0 Å². The van der Waals surface area contributed by atoms with E-state index in [0.29, 0.717) is 6.42 Å². The molecular formula is C27H42O6. The fourth-order valence-corrected chi connectivity index (χ4v) is 3.46. The lowest BCUT2D eigenvalue weighted by atomic mass is 9.76. The molecule has 2 N–H and O–H groups in total. The zero-order valence-corrected chi connectivity index (χ0v) is 21.5. The number of carbonyl (C=O) groups excluding carboxylic acids is 2. The minimum absolute atomic E-state index is 0.268. The molecule has 1 aliphatic rings. The topological polar surface area (TPSA) is 93.1 Å². The number of aliphatic hydroxyl groups excluding tert-OH is 1. The van der Waals surface area contributed by atoms with Crippen molar-refractivity contribution < 1.29 is 29.3 Å². The van der Waals surface area contributed by atoms with E-state index in [1.165, 1.54) is 25.2 Å². The first-order chi connectivity index (χ1) is 15.2. The molecule has 0 spiro atoms. The number of ketones is 1. The van der Waals surface area contributed by atoms with Crippen molar-refractivity contribution in [3.63, 3.8) is 0 Å². The fraction of sp³-hybridized carbons (Fsp3) is 0.630. The summed E-state index contributed by atoms with van der Waals surface area (Å²) < 4.78 is 11.2. The number of allylic oxidation sites excluding steroid dienone is 4. The molecule has 6 heteroatoms. The molecule has 33 heavy (non-hydrogen) atoms. The van der Waals surface area contributed by atoms with Gasteiger partial charge < -0.3 is 19.7 Å². The number of methoxy groups -OCH3 is 1. The number of rotatable bonds is 8. The SMILES string of the molecule is COC(C)(C)C(C)CCC1(C)C=CC(OC(=O)C=C(C)C)C(C)(O)C=CC(=O)C(CO)=CC1. The Labute approximate surface area is 199 Å². The smallest absolute Gasteiger partial charge is 0.331 e. The van der Waals surface area contributed by atoms with Gasteiger partial charge >= 0.3 is 5.97 Å². The van der Waals surface area contributed by atoms with Crippen molar-refractivity contribution in [1.29, 1.82) is 0 Å². The molecule has 1 rings (SSSR count). The van der Waals surface area contributed by atoms with Crippen LogP contribution in [0.15, 0.2) is 47.6 Å². The monoisotopic (exact) mass is 462 g/mol. The van der Waals surface area contributed by atoms with E-state index in [1.807, 2.05) is 6.08 Å². The van der Waals surface area contributed by atoms with Gasteiger partial charge in [0.2, 0.25) is 0 Å². The lowest BCUT2D eigenvalue weighted by Gasteiger charge is -2.34. The van der Waals surface area contributed by atoms with E-state index in [2.05, 4.69) is 27.7 Å². The summed E-state index contributed by atoms with van der Waals surface area (Å²) in [6, 6.07) is 0. The van der Waals surface area contributed by atoms with Crippen LogP contribution in [0, 0.1) is 11.3 Å². The van der Waals surface area contributed by atoms with Crippen LogP contribution in [-0.2, 0) is 19.1 Å². The van der Waals surface area contributed by atoms with E-state index in [9.17, 15) is 19.8 Å². The van der Waals surface area contributed by atoms with Crippen LogP contribution >= 0.6 is 0 Å². The number of hydrogen-bond donors (Lipinski definition) is 2. The Hall–Kier alpha value is -2.02. The summed E-state index contributed by atoms with van der Waals surface area (Å²) in [7, 11) is 1.70. The van der Waals surface area contributed by atoms with Crippen LogP contribution in [0.1, 0.15) is 67.7 Å². The lowest BCUT2D eigenvalue weighted by Crippen LogP contribution is -2.39. The van der Waals surface area contributed by atoms with Crippen molar-refractivity contribution in [2.24, 2.45) is 11.3 Å². The second-order valence-electron chi connectivity index (χ2n) is 10.4. The van der Waals surface area contributed by atoms with Gasteiger partial charge in [0, 0.05) is 18.8 Å². The summed E-state index contributed by atoms with van der Waals surface area (Å²) in [6.07, 6.45) is 10.5. The highest BCUT2D eigenvalue weighted by atomic mass is 16.6. The number of carbonyl (C=O) groups is 2. The summed E-state index contributed by atoms with van der Waals surface area (Å²) in [5, 5.41) is 20.8. The van der Waals surface area contributed by atoms with Gasteiger partial charge in [-0.05, 0) is 83.4 Å². The van der Waals surface area contributed by atoms with Crippen LogP contribution in [0.2, 0.25) is 0 Å². The maximum absolute atomic E-state index is 12.6. The Morgan fingerprint density at radius 3 is 2.48 bits per heavy atom. The highest BCUT2D eigenvalue weighted by Crippen LogP contribution is 2.36. The summed E-state index contributed by atoms with van der Waals surface area (Å²) in [6.45, 7) is 13.0. The molecule has 0 aromatic heterocycles. The molecule has 0 saturated heterocycles. The second kappa shape index (κ2) is 11.9. The Balaban J connectivity index is 3.38. The second-order valence-corrected chi connectivity index (χ2v) is 10.4. The molecule has 0 fully saturated rings. The highest BCUT2D eigenvalue weighted by Gasteiger charge is 2.34. The van der Waals surface area contributed by atoms with Crippen molar-refractivity contribution in [3.8, 4) is 0 Å². The average Bonchev–Trinajstić information content (AvgIpc) is 2.74. The maximum atomic E-state index is 12.6. The van der Waals surface area contributed by atoms with Gasteiger partial charge in [-0.1, -0.05) is 31.6 Å². The van der Waals surface area contributed by atoms with Crippen LogP contribution in [-0.4, -0.2) is 53.0 Å². The molecule has 1 aliphatic carbocycles. The molecule has 4 unspecified atom stereocenters. The molecule has 0 amide bonds. The van der Waals surface area contributed by atoms with Crippen LogP contribution < -0.4 is 0 Å². The van der Waals surface area contributed by atoms with Crippen LogP contribution in [0.25, 0.3) is 0 Å². The summed E-state index contributed by atoms with van der Waals surface area (Å²) >= 11 is 0. The van der Waals surface area contributed by atoms with E-state index < -0.39 is 29.7 Å². The zero-order valence-electron chi connectivity index (χ0n) is 21.5. The summed E-state index contributed by atoms with van der Waals surface area (Å²) in [5.41, 5.74) is -1.25. The van der Waals surface area contributed by atoms with E-state index in [-0.39, 0.29) is 22.9 Å². The first-order valence-electron chi connectivity index (χ1n) is 11.5. The van der Waals surface area contributed by atoms with Gasteiger partial charge in [0.05, 0.1) is 12.2 Å². The van der Waals surface area contributed by atoms with Crippen molar-refractivity contribution in [2.75, 3.05) is 13.7 Å². The van der Waals surface area contributed by atoms with Gasteiger partial charge in [-0.15, -0.1) is 0 Å². The molecule has 0 aromatic rings. The van der Waals surface area contributed by atoms with Gasteiger partial charge in [-0.3, -0.25) is 4.79 Å². The number of hydrogen-bond acceptors (Lipinski definition) is 6. The lowest BCUT2D eigenvalue weighted by molar-refractivity contribution is -0.148. The van der Waals surface area contributed by atoms with Gasteiger partial charge in [0.1, 0.15) is 5.60 Å². The molecular weight excluding hydrogens is 420 g/mol. The largest absolute Gasteiger partial charge is 0.452 e. The van der Waals surface area contributed by atoms with Crippen molar-refractivity contribution in [1.82, 2.24) is 0 Å². The number of ether oxygens (including phenoxy) is 2. The summed E-state index contributed by atoms with van der Waals surface area (Å²) in [5.74, 6) is -0.680. The van der Waals surface area contributed by atoms with Gasteiger partial charge in [0.25, 0.3) is 0 Å². The van der Waals surface area contributed by atoms with Crippen LogP contribution in [0.5, 0.6) is 0 Å². The molecule has 186 valence electrons. The maximum Gasteiger partial charge on any atom is 0.331 e. The minimum atomic E-state index is -1.62. The molecule has 0 radical (unpaired) electrons. The van der Waals surface area contributed by atoms with Gasteiger partial charge in [0.15, 0.2) is 11.9 Å². The van der Waals surface area contributed by atoms with Gasteiger partial charge in [-0.25, -0.2) is 4.79 Å². The van der Waals surface area contributed by atoms with Crippen molar-refractivity contribution in [3.05, 3.63) is 47.6 Å². The predicted octanol–water partition coefficient (Wildman–Crippen LogP) is 4.47. The van der Waals surface area contributed by atoms with E-state index in [1.54, 1.807) is 33.1 Å². The molecule has 0 bridgehead atoms. The molecule has 0 heterocycles. The van der Waals surface area contributed by atoms with E-state index in [0.717, 1.165) is 18.4 Å². The zero-order chi connectivity index (χ0) is 25.4. The molecule has 0 aliphatic heterocycles. The van der Waals surface area contributed by atoms with E-state index in [4.69, 9.17) is 9.47 Å². The van der Waals surface area contributed by atoms with Crippen molar-refractivity contribution >= 4 is 11.8 Å². The Bertz CT molecular complexity index is 810. The molecule has 0 saturated carbocycles. The Morgan fingerprint density at radius 1 is 1.30 bits per heavy atom. The minimum Gasteiger partial charge on any atom is -0.452 e. The number of esters is 1. The first-order valence-corrected chi connectivity index (χ1v) is 11.5.